The van der Waals surface area contributed by atoms with Gasteiger partial charge in [-0.1, -0.05) is 60.2 Å². The minimum absolute atomic E-state index is 0.0938. The number of aldehydes is 1. The first-order chi connectivity index (χ1) is 14.4. The second-order valence-corrected chi connectivity index (χ2v) is 8.61. The number of hydrogen-bond acceptors (Lipinski definition) is 4. The zero-order valence-corrected chi connectivity index (χ0v) is 17.7. The largest absolute Gasteiger partial charge is 0.497 e. The maximum absolute atomic E-state index is 13.4. The van der Waals surface area contributed by atoms with Gasteiger partial charge in [-0.2, -0.15) is 0 Å². The molecule has 3 aromatic rings. The lowest BCUT2D eigenvalue weighted by atomic mass is 10.2. The summed E-state index contributed by atoms with van der Waals surface area (Å²) in [6.45, 7) is 1.99. The van der Waals surface area contributed by atoms with Crippen LogP contribution in [0.5, 0.6) is 5.75 Å². The Morgan fingerprint density at radius 2 is 1.63 bits per heavy atom. The molecule has 0 aliphatic carbocycles. The maximum atomic E-state index is 13.4. The van der Waals surface area contributed by atoms with Crippen LogP contribution in [0.15, 0.2) is 83.8 Å². The number of nitrogens with zero attached hydrogens (tertiary/aromatic N) is 1. The van der Waals surface area contributed by atoms with Gasteiger partial charge in [-0.25, -0.2) is 8.42 Å². The number of aryl methyl sites for hydroxylation is 1. The normalized spacial score (nSPS) is 11.4. The number of anilines is 1. The van der Waals surface area contributed by atoms with Crippen LogP contribution in [0.4, 0.5) is 5.69 Å². The summed E-state index contributed by atoms with van der Waals surface area (Å²) in [4.78, 5) is 11.5. The van der Waals surface area contributed by atoms with Crippen molar-refractivity contribution in [3.05, 3.63) is 95.6 Å². The van der Waals surface area contributed by atoms with Crippen LogP contribution in [-0.4, -0.2) is 28.4 Å². The molecule has 0 unspecified atom stereocenters. The van der Waals surface area contributed by atoms with E-state index in [1.807, 2.05) is 43.3 Å². The standard InChI is InChI=1S/C24H23NO4S/c1-19-10-12-24(13-11-19)30(27,28)25(14-6-9-20-7-4-3-5-8-20)22-15-21(18-26)16-23(17-22)29-2/h3-13,15-18H,14H2,1-2H3. The Balaban J connectivity index is 2.05. The van der Waals surface area contributed by atoms with Gasteiger partial charge in [0, 0.05) is 11.6 Å². The molecule has 0 amide bonds. The molecular weight excluding hydrogens is 398 g/mol. The lowest BCUT2D eigenvalue weighted by Crippen LogP contribution is -2.31. The lowest BCUT2D eigenvalue weighted by Gasteiger charge is -2.24. The number of methoxy groups -OCH3 is 1. The van der Waals surface area contributed by atoms with Crippen molar-refractivity contribution in [2.75, 3.05) is 18.0 Å². The molecule has 0 bridgehead atoms. The van der Waals surface area contributed by atoms with Crippen molar-refractivity contribution in [1.82, 2.24) is 0 Å². The van der Waals surface area contributed by atoms with Gasteiger partial charge in [-0.15, -0.1) is 0 Å². The van der Waals surface area contributed by atoms with E-state index >= 15 is 0 Å². The SMILES string of the molecule is COc1cc(C=O)cc(N(CC=Cc2ccccc2)S(=O)(=O)c2ccc(C)cc2)c1. The summed E-state index contributed by atoms with van der Waals surface area (Å²) in [6, 6.07) is 21.0. The highest BCUT2D eigenvalue weighted by molar-refractivity contribution is 7.92. The Kier molecular flexibility index (Phi) is 6.69. The van der Waals surface area contributed by atoms with Gasteiger partial charge < -0.3 is 4.74 Å². The second-order valence-electron chi connectivity index (χ2n) is 6.74. The fourth-order valence-corrected chi connectivity index (χ4v) is 4.36. The third kappa shape index (κ3) is 4.96. The molecule has 0 aliphatic rings. The molecule has 30 heavy (non-hydrogen) atoms. The van der Waals surface area contributed by atoms with Crippen LogP contribution in [-0.2, 0) is 10.0 Å². The highest BCUT2D eigenvalue weighted by atomic mass is 32.2. The quantitative estimate of drug-likeness (QED) is 0.494. The molecule has 154 valence electrons. The molecule has 5 nitrogen and oxygen atoms in total. The van der Waals surface area contributed by atoms with E-state index in [1.165, 1.54) is 17.5 Å². The molecule has 0 spiro atoms. The van der Waals surface area contributed by atoms with E-state index in [2.05, 4.69) is 0 Å². The van der Waals surface area contributed by atoms with Crippen LogP contribution in [0.1, 0.15) is 21.5 Å². The highest BCUT2D eigenvalue weighted by Crippen LogP contribution is 2.28. The zero-order valence-electron chi connectivity index (χ0n) is 16.9. The summed E-state index contributed by atoms with van der Waals surface area (Å²) in [5.41, 5.74) is 2.62. The van der Waals surface area contributed by atoms with Crippen molar-refractivity contribution < 1.29 is 17.9 Å². The summed E-state index contributed by atoms with van der Waals surface area (Å²) in [5, 5.41) is 0. The topological polar surface area (TPSA) is 63.7 Å². The van der Waals surface area contributed by atoms with E-state index in [9.17, 15) is 13.2 Å². The van der Waals surface area contributed by atoms with Crippen LogP contribution < -0.4 is 9.04 Å². The average molecular weight is 422 g/mol. The number of hydrogen-bond donors (Lipinski definition) is 0. The molecule has 3 aromatic carbocycles. The van der Waals surface area contributed by atoms with Crippen LogP contribution in [0, 0.1) is 6.92 Å². The van der Waals surface area contributed by atoms with Gasteiger partial charge in [0.2, 0.25) is 0 Å². The molecule has 0 radical (unpaired) electrons. The van der Waals surface area contributed by atoms with E-state index in [4.69, 9.17) is 4.74 Å². The first-order valence-corrected chi connectivity index (χ1v) is 10.8. The number of ether oxygens (including phenoxy) is 1. The average Bonchev–Trinajstić information content (AvgIpc) is 2.77. The summed E-state index contributed by atoms with van der Waals surface area (Å²) < 4.78 is 33.4. The van der Waals surface area contributed by atoms with Crippen molar-refractivity contribution >= 4 is 28.1 Å². The Hall–Kier alpha value is -3.38. The van der Waals surface area contributed by atoms with Crippen LogP contribution in [0.25, 0.3) is 6.08 Å². The molecule has 0 heterocycles. The first kappa shape index (κ1) is 21.3. The molecule has 6 heteroatoms. The fraction of sp³-hybridized carbons (Fsp3) is 0.125. The van der Waals surface area contributed by atoms with Crippen LogP contribution in [0.2, 0.25) is 0 Å². The van der Waals surface area contributed by atoms with Crippen molar-refractivity contribution in [3.63, 3.8) is 0 Å². The van der Waals surface area contributed by atoms with Crippen molar-refractivity contribution in [3.8, 4) is 5.75 Å². The zero-order chi connectivity index (χ0) is 21.6. The summed E-state index contributed by atoms with van der Waals surface area (Å²) >= 11 is 0. The summed E-state index contributed by atoms with van der Waals surface area (Å²) in [5.74, 6) is 0.408. The van der Waals surface area contributed by atoms with Gasteiger partial charge in [-0.05, 0) is 36.8 Å². The predicted octanol–water partition coefficient (Wildman–Crippen LogP) is 4.72. The number of rotatable bonds is 8. The summed E-state index contributed by atoms with van der Waals surface area (Å²) in [7, 11) is -2.39. The third-order valence-electron chi connectivity index (χ3n) is 4.56. The van der Waals surface area contributed by atoms with Gasteiger partial charge in [0.1, 0.15) is 12.0 Å². The van der Waals surface area contributed by atoms with Crippen molar-refractivity contribution in [2.45, 2.75) is 11.8 Å². The molecule has 0 saturated carbocycles. The minimum Gasteiger partial charge on any atom is -0.497 e. The monoisotopic (exact) mass is 421 g/mol. The van der Waals surface area contributed by atoms with E-state index in [0.29, 0.717) is 23.3 Å². The van der Waals surface area contributed by atoms with Crippen LogP contribution in [0.3, 0.4) is 0 Å². The molecule has 0 aliphatic heterocycles. The molecular formula is C24H23NO4S. The van der Waals surface area contributed by atoms with Gasteiger partial charge in [0.05, 0.1) is 24.2 Å². The Labute approximate surface area is 177 Å². The van der Waals surface area contributed by atoms with Gasteiger partial charge in [-0.3, -0.25) is 9.10 Å². The number of sulfonamides is 1. The molecule has 0 aromatic heterocycles. The highest BCUT2D eigenvalue weighted by Gasteiger charge is 2.25. The van der Waals surface area contributed by atoms with E-state index in [-0.39, 0.29) is 11.4 Å². The number of benzene rings is 3. The van der Waals surface area contributed by atoms with Gasteiger partial charge in [0.25, 0.3) is 10.0 Å². The van der Waals surface area contributed by atoms with E-state index in [0.717, 1.165) is 11.1 Å². The molecule has 0 saturated heterocycles. The first-order valence-electron chi connectivity index (χ1n) is 9.39. The lowest BCUT2D eigenvalue weighted by molar-refractivity contribution is 0.112. The Morgan fingerprint density at radius 1 is 0.933 bits per heavy atom. The van der Waals surface area contributed by atoms with Gasteiger partial charge in [0.15, 0.2) is 0 Å². The predicted molar refractivity (Wildman–Crippen MR) is 120 cm³/mol. The van der Waals surface area contributed by atoms with E-state index in [1.54, 1.807) is 42.5 Å². The fourth-order valence-electron chi connectivity index (χ4n) is 2.96. The summed E-state index contributed by atoms with van der Waals surface area (Å²) in [6.07, 6.45) is 4.31. The van der Waals surface area contributed by atoms with Gasteiger partial charge >= 0.3 is 0 Å². The molecule has 0 fully saturated rings. The second kappa shape index (κ2) is 9.41. The smallest absolute Gasteiger partial charge is 0.264 e. The Bertz CT molecular complexity index is 1140. The van der Waals surface area contributed by atoms with Crippen molar-refractivity contribution in [2.24, 2.45) is 0 Å². The van der Waals surface area contributed by atoms with E-state index < -0.39 is 10.0 Å². The minimum atomic E-state index is -3.86. The van der Waals surface area contributed by atoms with Crippen LogP contribution >= 0.6 is 0 Å². The maximum Gasteiger partial charge on any atom is 0.264 e. The molecule has 0 N–H and O–H groups in total. The Morgan fingerprint density at radius 3 is 2.27 bits per heavy atom. The molecule has 0 atom stereocenters. The number of carbonyl (C=O) groups excluding carboxylic acids is 1. The molecule has 3 rings (SSSR count). The number of carbonyl (C=O) groups is 1. The van der Waals surface area contributed by atoms with Crippen molar-refractivity contribution in [1.29, 1.82) is 0 Å². The third-order valence-corrected chi connectivity index (χ3v) is 6.37.